The van der Waals surface area contributed by atoms with Gasteiger partial charge in [-0.1, -0.05) is 6.58 Å². The van der Waals surface area contributed by atoms with Gasteiger partial charge in [0, 0.05) is 26.1 Å². The monoisotopic (exact) mass is 127 g/mol. The Morgan fingerprint density at radius 2 is 2.33 bits per heavy atom. The second-order valence-corrected chi connectivity index (χ2v) is 2.33. The van der Waals surface area contributed by atoms with Gasteiger partial charge in [-0.25, -0.2) is 0 Å². The lowest BCUT2D eigenvalue weighted by Gasteiger charge is -2.02. The SMILES string of the molecule is C=C(CCN1CC1)OC. The van der Waals surface area contributed by atoms with Gasteiger partial charge in [-0.05, 0) is 0 Å². The molecule has 0 spiro atoms. The van der Waals surface area contributed by atoms with E-state index in [1.165, 1.54) is 13.1 Å². The molecule has 0 unspecified atom stereocenters. The normalized spacial score (nSPS) is 17.4. The molecule has 0 aromatic heterocycles. The van der Waals surface area contributed by atoms with E-state index in [9.17, 15) is 0 Å². The van der Waals surface area contributed by atoms with Crippen LogP contribution in [0.5, 0.6) is 0 Å². The van der Waals surface area contributed by atoms with E-state index in [0.717, 1.165) is 18.7 Å². The van der Waals surface area contributed by atoms with Gasteiger partial charge in [0.2, 0.25) is 0 Å². The molecule has 0 saturated carbocycles. The Labute approximate surface area is 56.1 Å². The molecule has 2 nitrogen and oxygen atoms in total. The third kappa shape index (κ3) is 2.51. The Morgan fingerprint density at radius 3 is 2.78 bits per heavy atom. The first kappa shape index (κ1) is 6.62. The lowest BCUT2D eigenvalue weighted by atomic mass is 10.4. The number of rotatable bonds is 4. The predicted octanol–water partition coefficient (Wildman–Crippen LogP) is 0.852. The van der Waals surface area contributed by atoms with Gasteiger partial charge in [0.25, 0.3) is 0 Å². The van der Waals surface area contributed by atoms with Gasteiger partial charge in [-0.15, -0.1) is 0 Å². The van der Waals surface area contributed by atoms with E-state index < -0.39 is 0 Å². The van der Waals surface area contributed by atoms with Gasteiger partial charge < -0.3 is 9.64 Å². The zero-order chi connectivity index (χ0) is 6.69. The summed E-state index contributed by atoms with van der Waals surface area (Å²) >= 11 is 0. The predicted molar refractivity (Wildman–Crippen MR) is 37.2 cm³/mol. The maximum Gasteiger partial charge on any atom is 0.0896 e. The van der Waals surface area contributed by atoms with Crippen LogP contribution in [0, 0.1) is 0 Å². The summed E-state index contributed by atoms with van der Waals surface area (Å²) in [6, 6.07) is 0. The van der Waals surface area contributed by atoms with Crippen LogP contribution in [0.4, 0.5) is 0 Å². The molecule has 0 amide bonds. The zero-order valence-corrected chi connectivity index (χ0v) is 5.89. The van der Waals surface area contributed by atoms with Crippen LogP contribution in [0.15, 0.2) is 12.3 Å². The van der Waals surface area contributed by atoms with E-state index in [2.05, 4.69) is 11.5 Å². The average Bonchev–Trinajstić information content (AvgIpc) is 2.65. The van der Waals surface area contributed by atoms with Gasteiger partial charge in [0.05, 0.1) is 12.9 Å². The minimum atomic E-state index is 0.891. The third-order valence-corrected chi connectivity index (χ3v) is 1.54. The lowest BCUT2D eigenvalue weighted by molar-refractivity contribution is 0.273. The number of methoxy groups -OCH3 is 1. The van der Waals surface area contributed by atoms with Crippen molar-refractivity contribution in [2.75, 3.05) is 26.7 Å². The van der Waals surface area contributed by atoms with Crippen LogP contribution in [0.3, 0.4) is 0 Å². The summed E-state index contributed by atoms with van der Waals surface area (Å²) in [5.41, 5.74) is 0. The number of ether oxygens (including phenoxy) is 1. The Bertz CT molecular complexity index is 107. The fourth-order valence-electron chi connectivity index (χ4n) is 0.679. The highest BCUT2D eigenvalue weighted by atomic mass is 16.5. The van der Waals surface area contributed by atoms with Crippen LogP contribution in [0.2, 0.25) is 0 Å². The van der Waals surface area contributed by atoms with Gasteiger partial charge in [0.15, 0.2) is 0 Å². The third-order valence-electron chi connectivity index (χ3n) is 1.54. The molecule has 1 rings (SSSR count). The largest absolute Gasteiger partial charge is 0.502 e. The molecular formula is C7H13NO. The Hall–Kier alpha value is -0.500. The van der Waals surface area contributed by atoms with Gasteiger partial charge >= 0.3 is 0 Å². The molecule has 0 bridgehead atoms. The van der Waals surface area contributed by atoms with Crippen molar-refractivity contribution < 1.29 is 4.74 Å². The van der Waals surface area contributed by atoms with Crippen LogP contribution >= 0.6 is 0 Å². The smallest absolute Gasteiger partial charge is 0.0896 e. The molecule has 2 heteroatoms. The highest BCUT2D eigenvalue weighted by molar-refractivity contribution is 4.85. The summed E-state index contributed by atoms with van der Waals surface area (Å²) in [4.78, 5) is 2.35. The average molecular weight is 127 g/mol. The zero-order valence-electron chi connectivity index (χ0n) is 5.89. The molecule has 0 atom stereocenters. The number of nitrogens with zero attached hydrogens (tertiary/aromatic N) is 1. The van der Waals surface area contributed by atoms with Gasteiger partial charge in [0.1, 0.15) is 0 Å². The molecule has 0 aliphatic carbocycles. The van der Waals surface area contributed by atoms with Crippen LogP contribution in [-0.4, -0.2) is 31.6 Å². The van der Waals surface area contributed by atoms with Gasteiger partial charge in [-0.3, -0.25) is 0 Å². The van der Waals surface area contributed by atoms with E-state index in [-0.39, 0.29) is 0 Å². The summed E-state index contributed by atoms with van der Waals surface area (Å²) < 4.78 is 4.91. The maximum atomic E-state index is 4.91. The first-order valence-corrected chi connectivity index (χ1v) is 3.27. The standard InChI is InChI=1S/C7H13NO/c1-7(9-2)3-4-8-5-6-8/h1,3-6H2,2H3. The molecule has 0 aromatic rings. The summed E-state index contributed by atoms with van der Waals surface area (Å²) in [5, 5.41) is 0. The highest BCUT2D eigenvalue weighted by Crippen LogP contribution is 2.07. The van der Waals surface area contributed by atoms with Gasteiger partial charge in [-0.2, -0.15) is 0 Å². The fraction of sp³-hybridized carbons (Fsp3) is 0.714. The van der Waals surface area contributed by atoms with Crippen LogP contribution in [0.25, 0.3) is 0 Å². The van der Waals surface area contributed by atoms with Crippen LogP contribution in [-0.2, 0) is 4.74 Å². The number of hydrogen-bond donors (Lipinski definition) is 0. The minimum Gasteiger partial charge on any atom is -0.502 e. The van der Waals surface area contributed by atoms with Crippen molar-refractivity contribution in [3.05, 3.63) is 12.3 Å². The molecule has 1 saturated heterocycles. The Kier molecular flexibility index (Phi) is 2.11. The van der Waals surface area contributed by atoms with E-state index in [0.29, 0.717) is 0 Å². The maximum absolute atomic E-state index is 4.91. The highest BCUT2D eigenvalue weighted by Gasteiger charge is 2.15. The van der Waals surface area contributed by atoms with Crippen molar-refractivity contribution in [3.8, 4) is 0 Å². The molecular weight excluding hydrogens is 114 g/mol. The van der Waals surface area contributed by atoms with Crippen molar-refractivity contribution in [3.63, 3.8) is 0 Å². The summed E-state index contributed by atoms with van der Waals surface area (Å²) in [6.45, 7) is 7.36. The first-order chi connectivity index (χ1) is 4.33. The molecule has 9 heavy (non-hydrogen) atoms. The second kappa shape index (κ2) is 2.87. The van der Waals surface area contributed by atoms with E-state index in [1.54, 1.807) is 7.11 Å². The van der Waals surface area contributed by atoms with Crippen molar-refractivity contribution in [1.29, 1.82) is 0 Å². The topological polar surface area (TPSA) is 12.2 Å². The first-order valence-electron chi connectivity index (χ1n) is 3.27. The van der Waals surface area contributed by atoms with Crippen molar-refractivity contribution in [2.45, 2.75) is 6.42 Å². The quantitative estimate of drug-likeness (QED) is 0.410. The van der Waals surface area contributed by atoms with Crippen LogP contribution in [0.1, 0.15) is 6.42 Å². The molecule has 1 aliphatic rings. The van der Waals surface area contributed by atoms with E-state index in [1.807, 2.05) is 0 Å². The molecule has 1 fully saturated rings. The van der Waals surface area contributed by atoms with Crippen molar-refractivity contribution in [2.24, 2.45) is 0 Å². The molecule has 1 aliphatic heterocycles. The molecule has 0 N–H and O–H groups in total. The number of hydrogen-bond acceptors (Lipinski definition) is 2. The lowest BCUT2D eigenvalue weighted by Crippen LogP contribution is -2.00. The fourth-order valence-corrected chi connectivity index (χ4v) is 0.679. The van der Waals surface area contributed by atoms with Crippen molar-refractivity contribution in [1.82, 2.24) is 4.90 Å². The molecule has 52 valence electrons. The van der Waals surface area contributed by atoms with E-state index in [4.69, 9.17) is 4.74 Å². The second-order valence-electron chi connectivity index (χ2n) is 2.33. The minimum absolute atomic E-state index is 0.891. The molecule has 1 heterocycles. The van der Waals surface area contributed by atoms with E-state index >= 15 is 0 Å². The van der Waals surface area contributed by atoms with Crippen molar-refractivity contribution >= 4 is 0 Å². The van der Waals surface area contributed by atoms with Crippen LogP contribution < -0.4 is 0 Å². The Morgan fingerprint density at radius 1 is 1.67 bits per heavy atom. The molecule has 0 radical (unpaired) electrons. The summed E-state index contributed by atoms with van der Waals surface area (Å²) in [7, 11) is 1.67. The summed E-state index contributed by atoms with van der Waals surface area (Å²) in [6.07, 6.45) is 0.983. The molecule has 0 aromatic carbocycles. The Balaban J connectivity index is 1.96. The summed E-state index contributed by atoms with van der Waals surface area (Å²) in [5.74, 6) is 0.891.